The third-order valence-electron chi connectivity index (χ3n) is 5.60. The van der Waals surface area contributed by atoms with Crippen molar-refractivity contribution in [3.05, 3.63) is 77.6 Å². The molecule has 0 aliphatic heterocycles. The molecule has 0 fully saturated rings. The maximum Gasteiger partial charge on any atom is 0.321 e. The number of carboxylic acids is 1. The summed E-state index contributed by atoms with van der Waals surface area (Å²) >= 11 is 0. The average molecular weight is 490 g/mol. The number of aryl methyl sites for hydroxylation is 1. The number of anilines is 2. The zero-order chi connectivity index (χ0) is 25.8. The Morgan fingerprint density at radius 3 is 2.53 bits per heavy atom. The van der Waals surface area contributed by atoms with Crippen molar-refractivity contribution in [2.45, 2.75) is 25.8 Å². The van der Waals surface area contributed by atoms with E-state index < -0.39 is 30.2 Å². The lowest BCUT2D eigenvalue weighted by molar-refractivity contribution is -0.140. The minimum Gasteiger partial charge on any atom is -0.480 e. The summed E-state index contributed by atoms with van der Waals surface area (Å²) in [5.74, 6) is -2.35. The first-order chi connectivity index (χ1) is 17.2. The van der Waals surface area contributed by atoms with Crippen LogP contribution in [0.3, 0.4) is 0 Å². The highest BCUT2D eigenvalue weighted by Crippen LogP contribution is 2.33. The Morgan fingerprint density at radius 2 is 1.81 bits per heavy atom. The highest BCUT2D eigenvalue weighted by Gasteiger charge is 2.19. The number of benzene rings is 3. The van der Waals surface area contributed by atoms with Crippen LogP contribution in [0.15, 0.2) is 60.7 Å². The number of halogens is 1. The van der Waals surface area contributed by atoms with Crippen molar-refractivity contribution in [2.75, 3.05) is 10.6 Å². The van der Waals surface area contributed by atoms with Crippen LogP contribution in [-0.4, -0.2) is 39.1 Å². The molecular formula is C26H24FN5O4. The maximum absolute atomic E-state index is 14.0. The molecule has 36 heavy (non-hydrogen) atoms. The summed E-state index contributed by atoms with van der Waals surface area (Å²) in [6.07, 6.45) is -0.481. The monoisotopic (exact) mass is 489 g/mol. The van der Waals surface area contributed by atoms with Crippen LogP contribution in [-0.2, 0) is 20.8 Å². The molecule has 2 amide bonds. The zero-order valence-electron chi connectivity index (χ0n) is 19.3. The van der Waals surface area contributed by atoms with E-state index in [0.29, 0.717) is 22.2 Å². The third-order valence-corrected chi connectivity index (χ3v) is 5.60. The number of nitrogens with two attached hydrogens (primary N) is 1. The molecule has 4 rings (SSSR count). The topological polar surface area (TPSA) is 150 Å². The lowest BCUT2D eigenvalue weighted by Crippen LogP contribution is -2.34. The Hall–Kier alpha value is -4.57. The van der Waals surface area contributed by atoms with Gasteiger partial charge in [-0.25, -0.2) is 4.39 Å². The molecule has 10 heteroatoms. The summed E-state index contributed by atoms with van der Waals surface area (Å²) in [6.45, 7) is 1.84. The molecule has 9 nitrogen and oxygen atoms in total. The summed E-state index contributed by atoms with van der Waals surface area (Å²) in [5.41, 5.74) is 9.42. The number of amides is 2. The normalized spacial score (nSPS) is 11.8. The van der Waals surface area contributed by atoms with Gasteiger partial charge in [0.05, 0.1) is 23.7 Å². The van der Waals surface area contributed by atoms with Crippen LogP contribution >= 0.6 is 0 Å². The van der Waals surface area contributed by atoms with Crippen molar-refractivity contribution in [2.24, 2.45) is 5.73 Å². The number of fused-ring (bicyclic) bond motifs is 1. The van der Waals surface area contributed by atoms with Crippen LogP contribution in [0.2, 0.25) is 0 Å². The summed E-state index contributed by atoms with van der Waals surface area (Å²) in [4.78, 5) is 35.6. The first-order valence-electron chi connectivity index (χ1n) is 11.1. The molecule has 0 bridgehead atoms. The molecule has 1 aromatic heterocycles. The average Bonchev–Trinajstić information content (AvgIpc) is 3.24. The predicted molar refractivity (Wildman–Crippen MR) is 134 cm³/mol. The van der Waals surface area contributed by atoms with Gasteiger partial charge in [0.25, 0.3) is 0 Å². The lowest BCUT2D eigenvalue weighted by atomic mass is 10.0. The number of H-pyrrole nitrogens is 1. The van der Waals surface area contributed by atoms with Crippen LogP contribution in [0, 0.1) is 12.7 Å². The predicted octanol–water partition coefficient (Wildman–Crippen LogP) is 3.60. The molecule has 184 valence electrons. The quantitative estimate of drug-likeness (QED) is 0.255. The van der Waals surface area contributed by atoms with E-state index in [1.165, 1.54) is 6.07 Å². The Kier molecular flexibility index (Phi) is 7.07. The molecule has 0 spiro atoms. The number of hydrogen-bond acceptors (Lipinski definition) is 5. The number of aromatic nitrogens is 2. The number of aliphatic carboxylic acids is 1. The summed E-state index contributed by atoms with van der Waals surface area (Å²) in [6, 6.07) is 15.9. The van der Waals surface area contributed by atoms with Crippen molar-refractivity contribution in [3.8, 4) is 11.1 Å². The lowest BCUT2D eigenvalue weighted by Gasteiger charge is -2.10. The molecule has 0 aliphatic carbocycles. The standard InChI is InChI=1S/C26H24FN5O4/c1-14-5-10-19(27)16(11-14)12-22(33)29-17-8-6-15(7-9-17)18-3-2-4-21-24(18)25(32-31-21)30-23(34)13-20(28)26(35)36/h2-11,20H,12-13,28H2,1H3,(H,29,33)(H,35,36)(H2,30,31,32,34)/t20-/m0/s1. The van der Waals surface area contributed by atoms with E-state index in [2.05, 4.69) is 20.8 Å². The number of carbonyl (C=O) groups is 3. The molecule has 3 aromatic carbocycles. The van der Waals surface area contributed by atoms with Crippen LogP contribution in [0.4, 0.5) is 15.9 Å². The van der Waals surface area contributed by atoms with Gasteiger partial charge in [0.15, 0.2) is 5.82 Å². The SMILES string of the molecule is Cc1ccc(F)c(CC(=O)Nc2ccc(-c3cccc4[nH]nc(NC(=O)C[C@H](N)C(=O)O)c34)cc2)c1. The molecule has 0 radical (unpaired) electrons. The van der Waals surface area contributed by atoms with Gasteiger partial charge in [-0.2, -0.15) is 5.10 Å². The number of nitrogens with zero attached hydrogens (tertiary/aromatic N) is 1. The van der Waals surface area contributed by atoms with E-state index >= 15 is 0 Å². The van der Waals surface area contributed by atoms with Gasteiger partial charge in [0.1, 0.15) is 11.9 Å². The van der Waals surface area contributed by atoms with Gasteiger partial charge in [-0.3, -0.25) is 19.5 Å². The number of carbonyl (C=O) groups excluding carboxylic acids is 2. The molecule has 0 saturated heterocycles. The van der Waals surface area contributed by atoms with Gasteiger partial charge in [-0.15, -0.1) is 0 Å². The van der Waals surface area contributed by atoms with E-state index in [1.54, 1.807) is 42.5 Å². The van der Waals surface area contributed by atoms with Crippen molar-refractivity contribution in [1.29, 1.82) is 0 Å². The van der Waals surface area contributed by atoms with E-state index in [1.807, 2.05) is 19.1 Å². The number of hydrogen-bond donors (Lipinski definition) is 5. The highest BCUT2D eigenvalue weighted by molar-refractivity contribution is 6.07. The van der Waals surface area contributed by atoms with E-state index in [-0.39, 0.29) is 18.1 Å². The van der Waals surface area contributed by atoms with Gasteiger partial charge in [-0.1, -0.05) is 42.0 Å². The largest absolute Gasteiger partial charge is 0.480 e. The van der Waals surface area contributed by atoms with Gasteiger partial charge >= 0.3 is 5.97 Å². The van der Waals surface area contributed by atoms with Crippen molar-refractivity contribution < 1.29 is 23.9 Å². The van der Waals surface area contributed by atoms with Gasteiger partial charge in [-0.05, 0) is 47.9 Å². The number of rotatable bonds is 8. The summed E-state index contributed by atoms with van der Waals surface area (Å²) in [5, 5.41) is 22.0. The van der Waals surface area contributed by atoms with E-state index in [0.717, 1.165) is 16.7 Å². The van der Waals surface area contributed by atoms with E-state index in [4.69, 9.17) is 10.8 Å². The van der Waals surface area contributed by atoms with Crippen LogP contribution in [0.5, 0.6) is 0 Å². The van der Waals surface area contributed by atoms with Crippen molar-refractivity contribution in [1.82, 2.24) is 10.2 Å². The van der Waals surface area contributed by atoms with Crippen molar-refractivity contribution >= 4 is 40.2 Å². The summed E-state index contributed by atoms with van der Waals surface area (Å²) in [7, 11) is 0. The Morgan fingerprint density at radius 1 is 1.06 bits per heavy atom. The first kappa shape index (κ1) is 24.6. The Bertz CT molecular complexity index is 1450. The van der Waals surface area contributed by atoms with Crippen LogP contribution in [0.25, 0.3) is 22.0 Å². The molecule has 1 heterocycles. The highest BCUT2D eigenvalue weighted by atomic mass is 19.1. The molecule has 6 N–H and O–H groups in total. The Balaban J connectivity index is 1.51. The van der Waals surface area contributed by atoms with Crippen molar-refractivity contribution in [3.63, 3.8) is 0 Å². The number of nitrogens with one attached hydrogen (secondary N) is 3. The fourth-order valence-electron chi connectivity index (χ4n) is 3.82. The molecule has 4 aromatic rings. The van der Waals surface area contributed by atoms with E-state index in [9.17, 15) is 18.8 Å². The molecule has 0 unspecified atom stereocenters. The second-order valence-electron chi connectivity index (χ2n) is 8.39. The smallest absolute Gasteiger partial charge is 0.321 e. The number of carboxylic acid groups (broad SMARTS) is 1. The van der Waals surface area contributed by atoms with Gasteiger partial charge in [0, 0.05) is 5.69 Å². The molecule has 1 atom stereocenters. The minimum atomic E-state index is -1.32. The third kappa shape index (κ3) is 5.56. The zero-order valence-corrected chi connectivity index (χ0v) is 19.3. The minimum absolute atomic E-state index is 0.0851. The Labute approximate surface area is 205 Å². The molecule has 0 aliphatic rings. The first-order valence-corrected chi connectivity index (χ1v) is 11.1. The van der Waals surface area contributed by atoms with Gasteiger partial charge < -0.3 is 21.5 Å². The number of aromatic amines is 1. The second kappa shape index (κ2) is 10.4. The fourth-order valence-corrected chi connectivity index (χ4v) is 3.82. The molecule has 0 saturated carbocycles. The van der Waals surface area contributed by atoms with Crippen LogP contribution < -0.4 is 16.4 Å². The molecular weight excluding hydrogens is 465 g/mol. The van der Waals surface area contributed by atoms with Gasteiger partial charge in [0.2, 0.25) is 11.8 Å². The maximum atomic E-state index is 14.0. The summed E-state index contributed by atoms with van der Waals surface area (Å²) < 4.78 is 14.0. The van der Waals surface area contributed by atoms with Crippen LogP contribution in [0.1, 0.15) is 17.5 Å². The fraction of sp³-hybridized carbons (Fsp3) is 0.154. The second-order valence-corrected chi connectivity index (χ2v) is 8.39.